The van der Waals surface area contributed by atoms with E-state index in [4.69, 9.17) is 32.7 Å². The molecule has 2 amide bonds. The van der Waals surface area contributed by atoms with Crippen LogP contribution in [0.3, 0.4) is 0 Å². The van der Waals surface area contributed by atoms with Crippen molar-refractivity contribution >= 4 is 71.2 Å². The first-order valence-electron chi connectivity index (χ1n) is 35.1. The Labute approximate surface area is 561 Å². The number of nitrogens with one attached hydrogen (secondary N) is 2. The average molecular weight is 1340 g/mol. The van der Waals surface area contributed by atoms with Gasteiger partial charge in [-0.25, -0.2) is 9.55 Å². The SMILES string of the molecule is CCCCCCCC/C=C\CCCCCCCC(=O)OC[C@H](COP(=O)(O)OCCNC(=O)CCCC(=O)Oc1cccc(-n2c(SCC(=O)NC3CCCCC3)nc3c4cc(-c5ccco5)ccc4n(C)c3c2=O)c1)OC(=O)CCCCC/C=C\CCCCCCCC. The summed E-state index contributed by atoms with van der Waals surface area (Å²) in [5.41, 5.74) is 2.36. The number of nitrogens with zero attached hydrogens (tertiary/aromatic N) is 3. The highest BCUT2D eigenvalue weighted by Gasteiger charge is 2.27. The van der Waals surface area contributed by atoms with E-state index in [2.05, 4.69) is 48.8 Å². The van der Waals surface area contributed by atoms with Crippen LogP contribution in [0, 0.1) is 0 Å². The molecule has 94 heavy (non-hydrogen) atoms. The third-order valence-electron chi connectivity index (χ3n) is 16.8. The number of carbonyl (C=O) groups excluding carboxylic acids is 5. The summed E-state index contributed by atoms with van der Waals surface area (Å²) in [4.78, 5) is 95.5. The lowest BCUT2D eigenvalue weighted by atomic mass is 9.95. The topological polar surface area (TPSA) is 246 Å². The minimum atomic E-state index is -4.73. The molecule has 1 aliphatic carbocycles. The van der Waals surface area contributed by atoms with Gasteiger partial charge < -0.3 is 38.7 Å². The van der Waals surface area contributed by atoms with Crippen molar-refractivity contribution in [3.8, 4) is 22.8 Å². The molecule has 0 spiro atoms. The molecule has 1 saturated carbocycles. The fourth-order valence-corrected chi connectivity index (χ4v) is 13.1. The fourth-order valence-electron chi connectivity index (χ4n) is 11.6. The molecule has 3 heterocycles. The number of allylic oxidation sites excluding steroid dienone is 4. The molecule has 0 bridgehead atoms. The van der Waals surface area contributed by atoms with Crippen LogP contribution in [0.5, 0.6) is 5.75 Å². The first-order chi connectivity index (χ1) is 45.7. The predicted molar refractivity (Wildman–Crippen MR) is 372 cm³/mol. The van der Waals surface area contributed by atoms with Crippen LogP contribution in [-0.4, -0.2) is 93.0 Å². The van der Waals surface area contributed by atoms with E-state index in [9.17, 15) is 38.2 Å². The van der Waals surface area contributed by atoms with Gasteiger partial charge in [-0.3, -0.25) is 42.4 Å². The van der Waals surface area contributed by atoms with E-state index < -0.39 is 51.0 Å². The average Bonchev–Trinajstić information content (AvgIpc) is 1.57. The van der Waals surface area contributed by atoms with Gasteiger partial charge in [-0.15, -0.1) is 0 Å². The summed E-state index contributed by atoms with van der Waals surface area (Å²) in [5.74, 6) is -1.42. The monoisotopic (exact) mass is 1340 g/mol. The normalized spacial score (nSPS) is 13.8. The van der Waals surface area contributed by atoms with Crippen LogP contribution in [0.15, 0.2) is 99.5 Å². The Balaban J connectivity index is 0.934. The Morgan fingerprint density at radius 1 is 0.691 bits per heavy atom. The van der Waals surface area contributed by atoms with Gasteiger partial charge >= 0.3 is 25.7 Å². The van der Waals surface area contributed by atoms with Crippen LogP contribution in [0.2, 0.25) is 0 Å². The summed E-state index contributed by atoms with van der Waals surface area (Å²) in [6, 6.07) is 16.0. The van der Waals surface area contributed by atoms with Crippen LogP contribution in [-0.2, 0) is 54.1 Å². The minimum Gasteiger partial charge on any atom is -0.464 e. The van der Waals surface area contributed by atoms with Gasteiger partial charge in [0.25, 0.3) is 5.56 Å². The molecule has 0 aliphatic heterocycles. The first kappa shape index (κ1) is 76.7. The van der Waals surface area contributed by atoms with Crippen molar-refractivity contribution in [2.24, 2.45) is 7.05 Å². The molecule has 19 nitrogen and oxygen atoms in total. The summed E-state index contributed by atoms with van der Waals surface area (Å²) in [6.45, 7) is 2.94. The van der Waals surface area contributed by atoms with E-state index in [0.29, 0.717) is 35.3 Å². The molecule has 518 valence electrons. The Morgan fingerprint density at radius 2 is 1.31 bits per heavy atom. The van der Waals surface area contributed by atoms with Gasteiger partial charge in [-0.2, -0.15) is 0 Å². The van der Waals surface area contributed by atoms with E-state index in [-0.39, 0.29) is 79.4 Å². The van der Waals surface area contributed by atoms with Crippen molar-refractivity contribution in [2.45, 2.75) is 249 Å². The standard InChI is InChI=1S/C73H106N5O14PS/c1-4-6-8-10-12-14-16-18-19-21-22-24-26-28-33-44-67(81)88-54-61(92-68(82)45-34-29-27-25-23-20-17-15-13-11-9-7-5-2)55-90-93(85,86)89-51-49-74-65(79)43-36-46-69(83)91-60-41-35-40-59(53-60)78-72(84)71-70(76-73(78)94-56-66(80)75-58-38-31-30-32-39-58)62-52-57(64-42-37-50-87-64)47-48-63(62)77(71)3/h18-20,23,35,37,40-42,47-48,50,52-53,58,61H,4-17,21-22,24-34,36,38-39,43-46,49,51,54-56H2,1-3H3,(H,74,79)(H,75,80)(H,85,86)/b19-18-,23-20-/t61-/m1/s1. The fraction of sp³-hybridized carbons (Fsp3) is 0.603. The van der Waals surface area contributed by atoms with Crippen LogP contribution in [0.25, 0.3) is 38.9 Å². The van der Waals surface area contributed by atoms with E-state index in [1.165, 1.54) is 81.6 Å². The quantitative estimate of drug-likeness (QED) is 0.00623. The number of rotatable bonds is 49. The number of carbonyl (C=O) groups is 5. The number of hydrogen-bond donors (Lipinski definition) is 3. The van der Waals surface area contributed by atoms with E-state index in [1.807, 2.05) is 24.3 Å². The Kier molecular flexibility index (Phi) is 36.3. The number of benzene rings is 2. The number of hydrogen-bond acceptors (Lipinski definition) is 15. The van der Waals surface area contributed by atoms with Crippen LogP contribution in [0.1, 0.15) is 232 Å². The third kappa shape index (κ3) is 29.0. The molecule has 1 aliphatic rings. The van der Waals surface area contributed by atoms with Crippen molar-refractivity contribution in [1.29, 1.82) is 0 Å². The zero-order valence-corrected chi connectivity index (χ0v) is 58.0. The number of amides is 2. The molecular weight excluding hydrogens is 1230 g/mol. The summed E-state index contributed by atoms with van der Waals surface area (Å²) in [6.07, 6.45) is 41.4. The maximum atomic E-state index is 14.8. The van der Waals surface area contributed by atoms with E-state index >= 15 is 0 Å². The highest BCUT2D eigenvalue weighted by Crippen LogP contribution is 2.43. The first-order valence-corrected chi connectivity index (χ1v) is 37.6. The molecule has 0 saturated heterocycles. The lowest BCUT2D eigenvalue weighted by Gasteiger charge is -2.22. The summed E-state index contributed by atoms with van der Waals surface area (Å²) >= 11 is 1.14. The third-order valence-corrected chi connectivity index (χ3v) is 18.7. The maximum Gasteiger partial charge on any atom is 0.472 e. The number of aromatic nitrogens is 3. The van der Waals surface area contributed by atoms with Gasteiger partial charge in [0.2, 0.25) is 11.8 Å². The second-order valence-electron chi connectivity index (χ2n) is 24.7. The number of furan rings is 1. The van der Waals surface area contributed by atoms with Crippen molar-refractivity contribution in [3.05, 3.63) is 95.5 Å². The maximum absolute atomic E-state index is 14.8. The summed E-state index contributed by atoms with van der Waals surface area (Å²) < 4.78 is 49.0. The van der Waals surface area contributed by atoms with Gasteiger partial charge in [0.1, 0.15) is 29.2 Å². The number of thioether (sulfide) groups is 1. The van der Waals surface area contributed by atoms with E-state index in [1.54, 1.807) is 48.2 Å². The van der Waals surface area contributed by atoms with Gasteiger partial charge in [-0.1, -0.05) is 165 Å². The highest BCUT2D eigenvalue weighted by molar-refractivity contribution is 7.99. The molecule has 3 aromatic heterocycles. The summed E-state index contributed by atoms with van der Waals surface area (Å²) in [7, 11) is -2.94. The smallest absolute Gasteiger partial charge is 0.464 e. The zero-order chi connectivity index (χ0) is 67.0. The second kappa shape index (κ2) is 44.4. The lowest BCUT2D eigenvalue weighted by molar-refractivity contribution is -0.161. The van der Waals surface area contributed by atoms with Crippen molar-refractivity contribution in [3.63, 3.8) is 0 Å². The van der Waals surface area contributed by atoms with Gasteiger partial charge in [-0.05, 0) is 126 Å². The number of unbranched alkanes of at least 4 members (excludes halogenated alkanes) is 20. The number of fused-ring (bicyclic) bond motifs is 3. The molecule has 21 heteroatoms. The molecule has 6 rings (SSSR count). The lowest BCUT2D eigenvalue weighted by Crippen LogP contribution is -2.37. The van der Waals surface area contributed by atoms with E-state index in [0.717, 1.165) is 125 Å². The second-order valence-corrected chi connectivity index (χ2v) is 27.1. The number of aryl methyl sites for hydroxylation is 1. The molecule has 1 unspecified atom stereocenters. The molecule has 3 N–H and O–H groups in total. The molecule has 5 aromatic rings. The zero-order valence-electron chi connectivity index (χ0n) is 56.3. The number of phosphoric acid groups is 1. The molecular formula is C73H106N5O14PS. The van der Waals surface area contributed by atoms with Crippen LogP contribution >= 0.6 is 19.6 Å². The Bertz CT molecular complexity index is 3240. The predicted octanol–water partition coefficient (Wildman–Crippen LogP) is 16.8. The van der Waals surface area contributed by atoms with Crippen LogP contribution < -0.4 is 20.9 Å². The number of esters is 3. The Morgan fingerprint density at radius 3 is 1.96 bits per heavy atom. The molecule has 2 aromatic carbocycles. The van der Waals surface area contributed by atoms with Crippen molar-refractivity contribution in [1.82, 2.24) is 24.8 Å². The van der Waals surface area contributed by atoms with Crippen molar-refractivity contribution < 1.29 is 61.1 Å². The number of ether oxygens (including phenoxy) is 3. The highest BCUT2D eigenvalue weighted by atomic mass is 32.2. The molecule has 2 atom stereocenters. The van der Waals surface area contributed by atoms with Crippen LogP contribution in [0.4, 0.5) is 0 Å². The minimum absolute atomic E-state index is 0.0152. The summed E-state index contributed by atoms with van der Waals surface area (Å²) in [5, 5.41) is 6.76. The largest absolute Gasteiger partial charge is 0.472 e. The van der Waals surface area contributed by atoms with Gasteiger partial charge in [0, 0.05) is 62.3 Å². The van der Waals surface area contributed by atoms with Crippen molar-refractivity contribution in [2.75, 3.05) is 32.1 Å². The molecule has 1 fully saturated rings. The molecule has 0 radical (unpaired) electrons. The Hall–Kier alpha value is -6.31. The van der Waals surface area contributed by atoms with Gasteiger partial charge in [0.05, 0.1) is 36.4 Å². The van der Waals surface area contributed by atoms with Gasteiger partial charge in [0.15, 0.2) is 11.3 Å². The number of phosphoric ester groups is 1.